The minimum absolute atomic E-state index is 0.0277. The maximum absolute atomic E-state index is 13.8. The first kappa shape index (κ1) is 59.1. The van der Waals surface area contributed by atoms with Crippen LogP contribution in [0.3, 0.4) is 0 Å². The highest BCUT2D eigenvalue weighted by Gasteiger charge is 2.37. The second-order valence-electron chi connectivity index (χ2n) is 17.2. The fourth-order valence-electron chi connectivity index (χ4n) is 6.33. The molecule has 68 heavy (non-hydrogen) atoms. The molecule has 0 bridgehead atoms. The third-order valence-electron chi connectivity index (χ3n) is 10.4. The number of primary amides is 1. The molecule has 0 heterocycles. The van der Waals surface area contributed by atoms with Gasteiger partial charge in [-0.1, -0.05) is 60.1 Å². The van der Waals surface area contributed by atoms with Gasteiger partial charge in [0.15, 0.2) is 0 Å². The summed E-state index contributed by atoms with van der Waals surface area (Å²) >= 11 is 0. The van der Waals surface area contributed by atoms with E-state index in [0.717, 1.165) is 0 Å². The number of carboxylic acid groups (broad SMARTS) is 2. The van der Waals surface area contributed by atoms with Crippen LogP contribution in [0.5, 0.6) is 5.75 Å². The Kier molecular flexibility index (Phi) is 24.6. The zero-order valence-electron chi connectivity index (χ0n) is 39.4. The minimum Gasteiger partial charge on any atom is -0.508 e. The van der Waals surface area contributed by atoms with Gasteiger partial charge in [0.25, 0.3) is 0 Å². The van der Waals surface area contributed by atoms with Gasteiger partial charge in [-0.25, -0.2) is 4.79 Å². The molecule has 0 radical (unpaired) electrons. The average molecular weight is 965 g/mol. The van der Waals surface area contributed by atoms with Crippen LogP contribution in [0.25, 0.3) is 0 Å². The number of aliphatic carboxylic acids is 2. The van der Waals surface area contributed by atoms with E-state index in [4.69, 9.17) is 11.5 Å². The highest BCUT2D eigenvalue weighted by molar-refractivity contribution is 5.99. The summed E-state index contributed by atoms with van der Waals surface area (Å²) in [6, 6.07) is -5.90. The number of aromatic hydroxyl groups is 1. The summed E-state index contributed by atoms with van der Waals surface area (Å²) < 4.78 is 0. The summed E-state index contributed by atoms with van der Waals surface area (Å²) in [4.78, 5) is 141. The molecule has 0 fully saturated rings. The summed E-state index contributed by atoms with van der Waals surface area (Å²) in [7, 11) is 0. The number of nitrogens with two attached hydrogens (primary N) is 2. The maximum Gasteiger partial charge on any atom is 0.326 e. The molecular formula is C43H68N10O15. The first-order chi connectivity index (χ1) is 31.6. The molecule has 0 unspecified atom stereocenters. The van der Waals surface area contributed by atoms with E-state index in [9.17, 15) is 73.2 Å². The van der Waals surface area contributed by atoms with E-state index in [1.807, 2.05) is 0 Å². The third-order valence-corrected chi connectivity index (χ3v) is 10.4. The third kappa shape index (κ3) is 20.7. The van der Waals surface area contributed by atoms with Crippen molar-refractivity contribution >= 4 is 65.1 Å². The number of hydrogen-bond acceptors (Lipinski definition) is 14. The molecule has 25 nitrogen and oxygen atoms in total. The first-order valence-corrected chi connectivity index (χ1v) is 21.9. The Hall–Kier alpha value is -6.89. The number of hydrogen-bond donors (Lipinski definition) is 14. The van der Waals surface area contributed by atoms with Crippen LogP contribution in [-0.4, -0.2) is 147 Å². The number of amides is 9. The van der Waals surface area contributed by atoms with E-state index in [2.05, 4.69) is 42.5 Å². The second kappa shape index (κ2) is 28.3. The number of aliphatic hydroxyl groups is 1. The van der Waals surface area contributed by atoms with Gasteiger partial charge in [-0.2, -0.15) is 0 Å². The highest BCUT2D eigenvalue weighted by atomic mass is 16.4. The van der Waals surface area contributed by atoms with Gasteiger partial charge in [0.1, 0.15) is 48.0 Å². The number of phenols is 1. The van der Waals surface area contributed by atoms with Crippen LogP contribution in [0.1, 0.15) is 86.6 Å². The van der Waals surface area contributed by atoms with Gasteiger partial charge in [-0.15, -0.1) is 0 Å². The maximum atomic E-state index is 13.8. The topological polar surface area (TPSA) is 417 Å². The average Bonchev–Trinajstić information content (AvgIpc) is 3.24. The Bertz CT molecular complexity index is 1960. The molecule has 9 amide bonds. The molecule has 0 spiro atoms. The van der Waals surface area contributed by atoms with E-state index in [1.165, 1.54) is 39.8 Å². The van der Waals surface area contributed by atoms with Crippen LogP contribution >= 0.6 is 0 Å². The van der Waals surface area contributed by atoms with Crippen LogP contribution in [0.2, 0.25) is 0 Å². The van der Waals surface area contributed by atoms with Gasteiger partial charge in [-0.3, -0.25) is 47.9 Å². The molecule has 0 aliphatic rings. The zero-order valence-corrected chi connectivity index (χ0v) is 39.4. The molecule has 10 atom stereocenters. The first-order valence-electron chi connectivity index (χ1n) is 21.9. The Labute approximate surface area is 393 Å². The number of carboxylic acids is 2. The van der Waals surface area contributed by atoms with Crippen molar-refractivity contribution in [3.8, 4) is 5.75 Å². The SMILES string of the molecule is CC[C@H](C)[C@H](NC(=O)[C@@H](NC(=O)[C@@H](NC(=O)CNC(=O)[C@H](C)NC(=O)[C@@H](N)Cc1ccc(O)cc1)[C@@H](C)O)C(C)C)C(=O)N[C@@H](CC(N)=O)C(=O)N[C@@H](CC(=O)O)C(=O)N[C@@H](CC(C)C)C(=O)O. The van der Waals surface area contributed by atoms with Crippen molar-refractivity contribution in [1.82, 2.24) is 42.5 Å². The molecule has 0 saturated carbocycles. The summed E-state index contributed by atoms with van der Waals surface area (Å²) in [5.41, 5.74) is 12.0. The second-order valence-corrected chi connectivity index (χ2v) is 17.2. The molecule has 0 aliphatic heterocycles. The molecule has 0 aromatic heterocycles. The summed E-state index contributed by atoms with van der Waals surface area (Å²) in [5, 5.41) is 57.5. The van der Waals surface area contributed by atoms with E-state index in [-0.39, 0.29) is 30.9 Å². The van der Waals surface area contributed by atoms with Gasteiger partial charge in [0.2, 0.25) is 53.2 Å². The standard InChI is InChI=1S/C43H68N10O15/c1-9-21(6)34(41(65)49-27(16-30(45)56)38(62)48-28(17-32(58)59)39(63)50-29(43(67)68)14-19(2)3)53-40(64)33(20(4)5)52-42(66)35(23(8)54)51-31(57)18-46-36(60)22(7)47-37(61)26(44)15-24-10-12-25(55)13-11-24/h10-13,19-23,26-29,33-35,54-55H,9,14-18,44H2,1-8H3,(H2,45,56)(H,46,60)(H,47,61)(H,48,62)(H,49,65)(H,50,63)(H,51,57)(H,52,66)(H,53,64)(H,58,59)(H,67,68)/t21-,22-,23+,26-,27-,28-,29-,33-,34-,35-/m0/s1. The lowest BCUT2D eigenvalue weighted by molar-refractivity contribution is -0.144. The predicted octanol–water partition coefficient (Wildman–Crippen LogP) is -3.64. The highest BCUT2D eigenvalue weighted by Crippen LogP contribution is 2.14. The molecule has 0 aliphatic carbocycles. The number of carbonyl (C=O) groups is 11. The van der Waals surface area contributed by atoms with Crippen LogP contribution in [0.15, 0.2) is 24.3 Å². The fraction of sp³-hybridized carbons (Fsp3) is 0.605. The number of carbonyl (C=O) groups excluding carboxylic acids is 9. The van der Waals surface area contributed by atoms with Crippen LogP contribution in [-0.2, 0) is 59.2 Å². The van der Waals surface area contributed by atoms with E-state index in [0.29, 0.717) is 5.56 Å². The Balaban J connectivity index is 3.12. The Morgan fingerprint density at radius 2 is 1.10 bits per heavy atom. The number of rotatable bonds is 29. The molecule has 16 N–H and O–H groups in total. The van der Waals surface area contributed by atoms with Crippen molar-refractivity contribution < 1.29 is 73.2 Å². The number of phenolic OH excluding ortho intramolecular Hbond substituents is 1. The largest absolute Gasteiger partial charge is 0.508 e. The molecular weight excluding hydrogens is 897 g/mol. The van der Waals surface area contributed by atoms with E-state index in [1.54, 1.807) is 39.8 Å². The summed E-state index contributed by atoms with van der Waals surface area (Å²) in [5.74, 6) is -13.5. The van der Waals surface area contributed by atoms with Crippen molar-refractivity contribution in [3.63, 3.8) is 0 Å². The molecule has 0 saturated heterocycles. The Morgan fingerprint density at radius 3 is 1.59 bits per heavy atom. The van der Waals surface area contributed by atoms with Crippen molar-refractivity contribution in [2.24, 2.45) is 29.2 Å². The number of nitrogens with one attached hydrogen (secondary N) is 8. The van der Waals surface area contributed by atoms with Gasteiger partial charge in [-0.05, 0) is 62.1 Å². The molecule has 380 valence electrons. The lowest BCUT2D eigenvalue weighted by Crippen LogP contribution is -2.62. The lowest BCUT2D eigenvalue weighted by Gasteiger charge is -2.30. The van der Waals surface area contributed by atoms with Gasteiger partial charge in [0, 0.05) is 0 Å². The van der Waals surface area contributed by atoms with Crippen molar-refractivity contribution in [1.29, 1.82) is 0 Å². The smallest absolute Gasteiger partial charge is 0.326 e. The van der Waals surface area contributed by atoms with Gasteiger partial charge >= 0.3 is 11.9 Å². The van der Waals surface area contributed by atoms with Gasteiger partial charge < -0.3 is 74.4 Å². The van der Waals surface area contributed by atoms with Crippen molar-refractivity contribution in [2.45, 2.75) is 142 Å². The number of aliphatic hydroxyl groups excluding tert-OH is 1. The monoisotopic (exact) mass is 964 g/mol. The molecule has 1 aromatic carbocycles. The van der Waals surface area contributed by atoms with Crippen LogP contribution in [0.4, 0.5) is 0 Å². The number of benzene rings is 1. The van der Waals surface area contributed by atoms with E-state index < -0.39 is 151 Å². The van der Waals surface area contributed by atoms with Crippen LogP contribution in [0, 0.1) is 17.8 Å². The predicted molar refractivity (Wildman–Crippen MR) is 241 cm³/mol. The van der Waals surface area contributed by atoms with Gasteiger partial charge in [0.05, 0.1) is 31.5 Å². The fourth-order valence-corrected chi connectivity index (χ4v) is 6.33. The van der Waals surface area contributed by atoms with Crippen molar-refractivity contribution in [2.75, 3.05) is 6.54 Å². The lowest BCUT2D eigenvalue weighted by atomic mass is 9.95. The Morgan fingerprint density at radius 1 is 0.603 bits per heavy atom. The molecule has 1 aromatic rings. The quantitative estimate of drug-likeness (QED) is 0.0368. The summed E-state index contributed by atoms with van der Waals surface area (Å²) in [6.45, 7) is 11.5. The molecule has 25 heteroatoms. The van der Waals surface area contributed by atoms with E-state index >= 15 is 0 Å². The summed E-state index contributed by atoms with van der Waals surface area (Å²) in [6.07, 6.45) is -3.12. The molecule has 1 rings (SSSR count). The normalized spacial score (nSPS) is 15.5. The van der Waals surface area contributed by atoms with Crippen LogP contribution < -0.4 is 54.0 Å². The zero-order chi connectivity index (χ0) is 52.2. The van der Waals surface area contributed by atoms with Crippen molar-refractivity contribution in [3.05, 3.63) is 29.8 Å². The minimum atomic E-state index is -1.87.